The zero-order chi connectivity index (χ0) is 12.8. The smallest absolute Gasteiger partial charge is 0.0210 e. The summed E-state index contributed by atoms with van der Waals surface area (Å²) in [6.45, 7) is 12.1. The van der Waals surface area contributed by atoms with Crippen LogP contribution in [0.2, 0.25) is 0 Å². The molecule has 1 aromatic carbocycles. The molecule has 1 aromatic rings. The van der Waals surface area contributed by atoms with Gasteiger partial charge >= 0.3 is 0 Å². The Labute approximate surface area is 110 Å². The van der Waals surface area contributed by atoms with E-state index in [-0.39, 0.29) is 0 Å². The first-order chi connectivity index (χ1) is 8.02. The summed E-state index contributed by atoms with van der Waals surface area (Å²) in [7, 11) is 0. The zero-order valence-electron chi connectivity index (χ0n) is 11.7. The molecule has 0 aromatic heterocycles. The number of nitrogens with one attached hydrogen (secondary N) is 1. The van der Waals surface area contributed by atoms with Gasteiger partial charge in [0.25, 0.3) is 0 Å². The fourth-order valence-corrected chi connectivity index (χ4v) is 2.59. The number of hydrogen-bond acceptors (Lipinski definition) is 2. The van der Waals surface area contributed by atoms with Gasteiger partial charge < -0.3 is 5.32 Å². The first-order valence-corrected chi connectivity index (χ1v) is 7.40. The van der Waals surface area contributed by atoms with Crippen molar-refractivity contribution in [1.29, 1.82) is 0 Å². The lowest BCUT2D eigenvalue weighted by molar-refractivity contribution is 0.587. The standard InChI is InChI=1S/C15H25NS/c1-6-13(5)17-15-8-7-14(12(4)9-15)10-16-11(2)3/h7-9,11,13,16H,6,10H2,1-5H3. The SMILES string of the molecule is CCC(C)Sc1ccc(CNC(C)C)c(C)c1. The van der Waals surface area contributed by atoms with Gasteiger partial charge in [0.15, 0.2) is 0 Å². The molecule has 1 N–H and O–H groups in total. The van der Waals surface area contributed by atoms with E-state index in [0.717, 1.165) is 6.54 Å². The van der Waals surface area contributed by atoms with E-state index in [1.165, 1.54) is 22.4 Å². The van der Waals surface area contributed by atoms with Gasteiger partial charge in [-0.1, -0.05) is 33.8 Å². The lowest BCUT2D eigenvalue weighted by Crippen LogP contribution is -2.22. The van der Waals surface area contributed by atoms with E-state index in [4.69, 9.17) is 0 Å². The summed E-state index contributed by atoms with van der Waals surface area (Å²) < 4.78 is 0. The molecule has 1 rings (SSSR count). The average Bonchev–Trinajstić information content (AvgIpc) is 2.27. The Morgan fingerprint density at radius 1 is 1.24 bits per heavy atom. The Morgan fingerprint density at radius 3 is 2.47 bits per heavy atom. The van der Waals surface area contributed by atoms with E-state index < -0.39 is 0 Å². The Bertz CT molecular complexity index is 347. The fraction of sp³-hybridized carbons (Fsp3) is 0.600. The number of aryl methyl sites for hydroxylation is 1. The number of benzene rings is 1. The van der Waals surface area contributed by atoms with Gasteiger partial charge in [0.1, 0.15) is 0 Å². The molecule has 0 bridgehead atoms. The Balaban J connectivity index is 2.65. The van der Waals surface area contributed by atoms with Crippen molar-refractivity contribution >= 4 is 11.8 Å². The minimum absolute atomic E-state index is 0.545. The second-order valence-corrected chi connectivity index (χ2v) is 6.47. The number of rotatable bonds is 6. The molecule has 1 nitrogen and oxygen atoms in total. The highest BCUT2D eigenvalue weighted by molar-refractivity contribution is 7.99. The summed E-state index contributed by atoms with van der Waals surface area (Å²) in [6.07, 6.45) is 1.22. The third-order valence-corrected chi connectivity index (χ3v) is 4.19. The molecule has 0 fully saturated rings. The van der Waals surface area contributed by atoms with E-state index in [9.17, 15) is 0 Å². The Kier molecular flexibility index (Phi) is 6.07. The summed E-state index contributed by atoms with van der Waals surface area (Å²) in [5.41, 5.74) is 2.80. The zero-order valence-corrected chi connectivity index (χ0v) is 12.5. The third kappa shape index (κ3) is 5.13. The molecule has 1 atom stereocenters. The van der Waals surface area contributed by atoms with Gasteiger partial charge in [0, 0.05) is 22.7 Å². The van der Waals surface area contributed by atoms with E-state index in [0.29, 0.717) is 11.3 Å². The van der Waals surface area contributed by atoms with Crippen LogP contribution in [0.3, 0.4) is 0 Å². The number of hydrogen-bond donors (Lipinski definition) is 1. The molecule has 0 aliphatic rings. The minimum Gasteiger partial charge on any atom is -0.310 e. The number of thioether (sulfide) groups is 1. The van der Waals surface area contributed by atoms with Crippen LogP contribution in [-0.2, 0) is 6.54 Å². The van der Waals surface area contributed by atoms with Crippen molar-refractivity contribution in [2.24, 2.45) is 0 Å². The van der Waals surface area contributed by atoms with Crippen LogP contribution >= 0.6 is 11.8 Å². The lowest BCUT2D eigenvalue weighted by Gasteiger charge is -2.13. The van der Waals surface area contributed by atoms with Gasteiger partial charge in [0.05, 0.1) is 0 Å². The van der Waals surface area contributed by atoms with Gasteiger partial charge in [0.2, 0.25) is 0 Å². The molecular weight excluding hydrogens is 226 g/mol. The molecule has 1 unspecified atom stereocenters. The van der Waals surface area contributed by atoms with Crippen LogP contribution in [0, 0.1) is 6.92 Å². The van der Waals surface area contributed by atoms with Crippen molar-refractivity contribution in [3.63, 3.8) is 0 Å². The first kappa shape index (κ1) is 14.6. The molecule has 0 amide bonds. The van der Waals surface area contributed by atoms with Gasteiger partial charge in [-0.25, -0.2) is 0 Å². The van der Waals surface area contributed by atoms with E-state index in [1.807, 2.05) is 11.8 Å². The van der Waals surface area contributed by atoms with Crippen LogP contribution < -0.4 is 5.32 Å². The molecule has 0 aliphatic heterocycles. The highest BCUT2D eigenvalue weighted by atomic mass is 32.2. The maximum atomic E-state index is 3.47. The van der Waals surface area contributed by atoms with Crippen molar-refractivity contribution in [1.82, 2.24) is 5.32 Å². The van der Waals surface area contributed by atoms with Crippen LogP contribution in [-0.4, -0.2) is 11.3 Å². The summed E-state index contributed by atoms with van der Waals surface area (Å²) >= 11 is 1.97. The topological polar surface area (TPSA) is 12.0 Å². The van der Waals surface area contributed by atoms with Gasteiger partial charge in [-0.05, 0) is 36.6 Å². The molecule has 0 saturated heterocycles. The lowest BCUT2D eigenvalue weighted by atomic mass is 10.1. The van der Waals surface area contributed by atoms with Gasteiger partial charge in [-0.2, -0.15) is 0 Å². The van der Waals surface area contributed by atoms with Crippen molar-refractivity contribution < 1.29 is 0 Å². The molecule has 0 radical (unpaired) electrons. The normalized spacial score (nSPS) is 13.1. The summed E-state index contributed by atoms with van der Waals surface area (Å²) in [5, 5.41) is 4.17. The Hall–Kier alpha value is -0.470. The highest BCUT2D eigenvalue weighted by Gasteiger charge is 2.04. The third-order valence-electron chi connectivity index (χ3n) is 2.93. The second kappa shape index (κ2) is 7.07. The molecule has 2 heteroatoms. The van der Waals surface area contributed by atoms with Crippen molar-refractivity contribution in [2.45, 2.75) is 63.8 Å². The van der Waals surface area contributed by atoms with Crippen molar-refractivity contribution in [3.8, 4) is 0 Å². The van der Waals surface area contributed by atoms with E-state index in [1.54, 1.807) is 0 Å². The predicted octanol–water partition coefficient (Wildman–Crippen LogP) is 4.38. The summed E-state index contributed by atoms with van der Waals surface area (Å²) in [6, 6.07) is 7.37. The van der Waals surface area contributed by atoms with E-state index >= 15 is 0 Å². The summed E-state index contributed by atoms with van der Waals surface area (Å²) in [4.78, 5) is 1.39. The molecule has 0 aliphatic carbocycles. The van der Waals surface area contributed by atoms with Gasteiger partial charge in [-0.3, -0.25) is 0 Å². The average molecular weight is 251 g/mol. The monoisotopic (exact) mass is 251 g/mol. The predicted molar refractivity (Wildman–Crippen MR) is 78.8 cm³/mol. The van der Waals surface area contributed by atoms with Crippen LogP contribution in [0.15, 0.2) is 23.1 Å². The quantitative estimate of drug-likeness (QED) is 0.753. The molecular formula is C15H25NS. The molecule has 17 heavy (non-hydrogen) atoms. The van der Waals surface area contributed by atoms with Crippen LogP contribution in [0.4, 0.5) is 0 Å². The highest BCUT2D eigenvalue weighted by Crippen LogP contribution is 2.26. The van der Waals surface area contributed by atoms with Gasteiger partial charge in [-0.15, -0.1) is 11.8 Å². The van der Waals surface area contributed by atoms with E-state index in [2.05, 4.69) is 58.1 Å². The van der Waals surface area contributed by atoms with Crippen molar-refractivity contribution in [3.05, 3.63) is 29.3 Å². The van der Waals surface area contributed by atoms with Crippen LogP contribution in [0.25, 0.3) is 0 Å². The van der Waals surface area contributed by atoms with Crippen LogP contribution in [0.5, 0.6) is 0 Å². The maximum absolute atomic E-state index is 3.47. The molecule has 0 heterocycles. The largest absolute Gasteiger partial charge is 0.310 e. The Morgan fingerprint density at radius 2 is 1.94 bits per heavy atom. The first-order valence-electron chi connectivity index (χ1n) is 6.52. The molecule has 0 saturated carbocycles. The van der Waals surface area contributed by atoms with Crippen LogP contribution in [0.1, 0.15) is 45.2 Å². The maximum Gasteiger partial charge on any atom is 0.0210 e. The minimum atomic E-state index is 0.545. The second-order valence-electron chi connectivity index (χ2n) is 4.96. The fourth-order valence-electron chi connectivity index (χ4n) is 1.57. The van der Waals surface area contributed by atoms with Crippen molar-refractivity contribution in [2.75, 3.05) is 0 Å². The molecule has 96 valence electrons. The summed E-state index contributed by atoms with van der Waals surface area (Å²) in [5.74, 6) is 0. The molecule has 0 spiro atoms.